The summed E-state index contributed by atoms with van der Waals surface area (Å²) in [5.41, 5.74) is 1.08. The number of fused-ring (bicyclic) bond motifs is 2. The number of phenolic OH excluding ortho intramolecular Hbond substituents is 1. The molecule has 5 rings (SSSR count). The van der Waals surface area contributed by atoms with E-state index in [-0.39, 0.29) is 28.9 Å². The summed E-state index contributed by atoms with van der Waals surface area (Å²) in [5, 5.41) is 10.4. The largest absolute Gasteiger partial charge is 0.508 e. The fourth-order valence-electron chi connectivity index (χ4n) is 4.19. The molecule has 148 valence electrons. The van der Waals surface area contributed by atoms with Gasteiger partial charge in [-0.05, 0) is 48.7 Å². The Hall–Kier alpha value is -2.83. The van der Waals surface area contributed by atoms with Gasteiger partial charge in [-0.2, -0.15) is 0 Å². The van der Waals surface area contributed by atoms with Crippen LogP contribution >= 0.6 is 11.6 Å². The average Bonchev–Trinajstić information content (AvgIpc) is 3.32. The van der Waals surface area contributed by atoms with Crippen LogP contribution in [0.15, 0.2) is 51.7 Å². The van der Waals surface area contributed by atoms with E-state index in [2.05, 4.69) is 0 Å². The first kappa shape index (κ1) is 18.2. The predicted molar refractivity (Wildman–Crippen MR) is 107 cm³/mol. The summed E-state index contributed by atoms with van der Waals surface area (Å²) < 4.78 is 11.6. The molecule has 2 aromatic carbocycles. The monoisotopic (exact) mass is 411 g/mol. The first-order valence-corrected chi connectivity index (χ1v) is 9.88. The van der Waals surface area contributed by atoms with Crippen molar-refractivity contribution >= 4 is 28.5 Å². The summed E-state index contributed by atoms with van der Waals surface area (Å²) in [6.45, 7) is 1.04. The number of hydrogen-bond acceptors (Lipinski definition) is 5. The van der Waals surface area contributed by atoms with Crippen molar-refractivity contribution < 1.29 is 19.1 Å². The van der Waals surface area contributed by atoms with E-state index in [4.69, 9.17) is 20.8 Å². The lowest BCUT2D eigenvalue weighted by molar-refractivity contribution is 0.0486. The van der Waals surface area contributed by atoms with E-state index < -0.39 is 6.04 Å². The molecule has 2 atom stereocenters. The molecule has 0 aliphatic carbocycles. The fourth-order valence-corrected chi connectivity index (χ4v) is 4.36. The molecule has 29 heavy (non-hydrogen) atoms. The number of rotatable bonds is 3. The summed E-state index contributed by atoms with van der Waals surface area (Å²) in [6.07, 6.45) is 1.73. The number of ether oxygens (including phenoxy) is 1. The Labute approximate surface area is 171 Å². The number of carbonyl (C=O) groups excluding carboxylic acids is 1. The van der Waals surface area contributed by atoms with Gasteiger partial charge in [-0.15, -0.1) is 0 Å². The number of phenols is 1. The highest BCUT2D eigenvalue weighted by atomic mass is 35.5. The molecule has 0 unspecified atom stereocenters. The van der Waals surface area contributed by atoms with Crippen molar-refractivity contribution in [3.63, 3.8) is 0 Å². The van der Waals surface area contributed by atoms with Gasteiger partial charge in [0.05, 0.1) is 23.1 Å². The van der Waals surface area contributed by atoms with Crippen LogP contribution < -0.4 is 5.43 Å². The van der Waals surface area contributed by atoms with Gasteiger partial charge in [0.1, 0.15) is 11.3 Å². The topological polar surface area (TPSA) is 80.0 Å². The van der Waals surface area contributed by atoms with Gasteiger partial charge in [-0.25, -0.2) is 0 Å². The van der Waals surface area contributed by atoms with Crippen LogP contribution in [0.4, 0.5) is 0 Å². The highest BCUT2D eigenvalue weighted by Crippen LogP contribution is 2.39. The minimum Gasteiger partial charge on any atom is -0.508 e. The Kier molecular flexibility index (Phi) is 4.33. The quantitative estimate of drug-likeness (QED) is 0.707. The first-order chi connectivity index (χ1) is 14.0. The lowest BCUT2D eigenvalue weighted by Gasteiger charge is -2.27. The second-order valence-corrected chi connectivity index (χ2v) is 7.84. The SMILES string of the molecule is O=C1c2oc3ccc(Cl)cc3c(=O)c2[C@@H](c2ccc(O)cc2)N1C[C@H]1CCCO1. The lowest BCUT2D eigenvalue weighted by Crippen LogP contribution is -2.36. The molecule has 3 aromatic rings. The van der Waals surface area contributed by atoms with Crippen molar-refractivity contribution in [2.75, 3.05) is 13.2 Å². The minimum atomic E-state index is -0.609. The Morgan fingerprint density at radius 2 is 1.93 bits per heavy atom. The van der Waals surface area contributed by atoms with E-state index in [1.165, 1.54) is 0 Å². The van der Waals surface area contributed by atoms with Crippen molar-refractivity contribution in [3.05, 3.63) is 74.6 Å². The van der Waals surface area contributed by atoms with Gasteiger partial charge in [-0.1, -0.05) is 23.7 Å². The van der Waals surface area contributed by atoms with Crippen molar-refractivity contribution in [2.45, 2.75) is 25.0 Å². The van der Waals surface area contributed by atoms with E-state index in [1.807, 2.05) is 0 Å². The van der Waals surface area contributed by atoms with Crippen LogP contribution in [0.2, 0.25) is 5.02 Å². The van der Waals surface area contributed by atoms with Gasteiger partial charge in [0, 0.05) is 18.2 Å². The molecular weight excluding hydrogens is 394 g/mol. The molecule has 0 radical (unpaired) electrons. The average molecular weight is 412 g/mol. The van der Waals surface area contributed by atoms with E-state index in [0.29, 0.717) is 34.7 Å². The van der Waals surface area contributed by atoms with E-state index in [9.17, 15) is 14.7 Å². The van der Waals surface area contributed by atoms with Gasteiger partial charge in [0.2, 0.25) is 5.76 Å². The van der Waals surface area contributed by atoms with Crippen LogP contribution in [-0.4, -0.2) is 35.2 Å². The van der Waals surface area contributed by atoms with Crippen molar-refractivity contribution in [1.29, 1.82) is 0 Å². The molecule has 0 saturated carbocycles. The van der Waals surface area contributed by atoms with Crippen molar-refractivity contribution in [2.24, 2.45) is 0 Å². The van der Waals surface area contributed by atoms with Gasteiger partial charge in [0.15, 0.2) is 5.43 Å². The Balaban J connectivity index is 1.71. The summed E-state index contributed by atoms with van der Waals surface area (Å²) in [6, 6.07) is 10.7. The maximum atomic E-state index is 13.4. The lowest BCUT2D eigenvalue weighted by atomic mass is 9.98. The fraction of sp³-hybridized carbons (Fsp3) is 0.273. The zero-order chi connectivity index (χ0) is 20.1. The number of halogens is 1. The molecule has 2 aliphatic rings. The minimum absolute atomic E-state index is 0.0564. The molecule has 0 bridgehead atoms. The molecule has 1 amide bonds. The number of hydrogen-bond donors (Lipinski definition) is 1. The predicted octanol–water partition coefficient (Wildman–Crippen LogP) is 3.88. The van der Waals surface area contributed by atoms with Crippen LogP contribution in [0.25, 0.3) is 11.0 Å². The third kappa shape index (κ3) is 2.99. The summed E-state index contributed by atoms with van der Waals surface area (Å²) >= 11 is 6.08. The molecule has 3 heterocycles. The number of carbonyl (C=O) groups is 1. The second-order valence-electron chi connectivity index (χ2n) is 7.40. The Morgan fingerprint density at radius 3 is 2.66 bits per heavy atom. The zero-order valence-corrected chi connectivity index (χ0v) is 16.2. The highest BCUT2D eigenvalue weighted by Gasteiger charge is 2.43. The van der Waals surface area contributed by atoms with Crippen LogP contribution in [-0.2, 0) is 4.74 Å². The van der Waals surface area contributed by atoms with E-state index >= 15 is 0 Å². The Morgan fingerprint density at radius 1 is 1.14 bits per heavy atom. The van der Waals surface area contributed by atoms with Gasteiger partial charge in [0.25, 0.3) is 5.91 Å². The number of aromatic hydroxyl groups is 1. The molecule has 7 heteroatoms. The standard InChI is InChI=1S/C22H18ClNO5/c23-13-5-8-17-16(10-13)20(26)18-19(12-3-6-14(25)7-4-12)24(22(27)21(18)29-17)11-15-2-1-9-28-15/h3-8,10,15,19,25H,1-2,9,11H2/t15-,19-/m1/s1. The van der Waals surface area contributed by atoms with Crippen LogP contribution in [0.3, 0.4) is 0 Å². The smallest absolute Gasteiger partial charge is 0.291 e. The van der Waals surface area contributed by atoms with Gasteiger partial charge >= 0.3 is 0 Å². The highest BCUT2D eigenvalue weighted by molar-refractivity contribution is 6.31. The Bertz CT molecular complexity index is 1160. The van der Waals surface area contributed by atoms with Gasteiger partial charge in [-0.3, -0.25) is 9.59 Å². The first-order valence-electron chi connectivity index (χ1n) is 9.50. The molecular formula is C22H18ClNO5. The molecule has 1 aromatic heterocycles. The second kappa shape index (κ2) is 6.90. The van der Waals surface area contributed by atoms with Crippen molar-refractivity contribution in [3.8, 4) is 5.75 Å². The molecule has 6 nitrogen and oxygen atoms in total. The normalized spacial score (nSPS) is 21.1. The van der Waals surface area contributed by atoms with Crippen molar-refractivity contribution in [1.82, 2.24) is 4.90 Å². The zero-order valence-electron chi connectivity index (χ0n) is 15.4. The molecule has 1 N–H and O–H groups in total. The maximum Gasteiger partial charge on any atom is 0.291 e. The van der Waals surface area contributed by atoms with Crippen LogP contribution in [0, 0.1) is 0 Å². The van der Waals surface area contributed by atoms with E-state index in [1.54, 1.807) is 47.4 Å². The molecule has 1 fully saturated rings. The summed E-state index contributed by atoms with van der Waals surface area (Å²) in [5.74, 6) is -0.162. The van der Waals surface area contributed by atoms with Crippen LogP contribution in [0.5, 0.6) is 5.75 Å². The maximum absolute atomic E-state index is 13.4. The molecule has 1 saturated heterocycles. The molecule has 2 aliphatic heterocycles. The number of nitrogens with zero attached hydrogens (tertiary/aromatic N) is 1. The third-order valence-corrected chi connectivity index (χ3v) is 5.80. The summed E-state index contributed by atoms with van der Waals surface area (Å²) in [4.78, 5) is 28.3. The van der Waals surface area contributed by atoms with E-state index in [0.717, 1.165) is 18.4 Å². The third-order valence-electron chi connectivity index (χ3n) is 5.56. The van der Waals surface area contributed by atoms with Gasteiger partial charge < -0.3 is 19.2 Å². The van der Waals surface area contributed by atoms with Crippen LogP contribution in [0.1, 0.15) is 40.6 Å². The summed E-state index contributed by atoms with van der Waals surface area (Å²) in [7, 11) is 0. The molecule has 0 spiro atoms. The number of amides is 1. The number of benzene rings is 2.